The monoisotopic (exact) mass is 391 g/mol. The van der Waals surface area contributed by atoms with Gasteiger partial charge in [0.2, 0.25) is 0 Å². The van der Waals surface area contributed by atoms with E-state index in [9.17, 15) is 0 Å². The van der Waals surface area contributed by atoms with Crippen LogP contribution in [0.1, 0.15) is 22.3 Å². The zero-order valence-electron chi connectivity index (χ0n) is 12.3. The second-order valence-electron chi connectivity index (χ2n) is 6.11. The molecule has 2 bridgehead atoms. The first-order chi connectivity index (χ1) is 10.0. The van der Waals surface area contributed by atoms with Gasteiger partial charge in [0, 0.05) is 33.7 Å². The molecule has 2 heterocycles. The SMILES string of the molecule is Cc1cc(N)cc2c1N1Cc3cc(I)cc(C)c3N(C2)C1. The minimum Gasteiger partial charge on any atom is -0.399 e. The fraction of sp³-hybridized carbons (Fsp3) is 0.294. The van der Waals surface area contributed by atoms with Gasteiger partial charge in [0.1, 0.15) is 0 Å². The Morgan fingerprint density at radius 1 is 0.905 bits per heavy atom. The number of anilines is 3. The highest BCUT2D eigenvalue weighted by molar-refractivity contribution is 14.1. The molecule has 0 atom stereocenters. The van der Waals surface area contributed by atoms with Crippen LogP contribution in [0, 0.1) is 17.4 Å². The molecule has 2 aliphatic heterocycles. The summed E-state index contributed by atoms with van der Waals surface area (Å²) in [4.78, 5) is 4.96. The van der Waals surface area contributed by atoms with E-state index in [0.717, 1.165) is 25.4 Å². The second kappa shape index (κ2) is 4.53. The third kappa shape index (κ3) is 1.99. The molecule has 0 amide bonds. The lowest BCUT2D eigenvalue weighted by atomic mass is 9.96. The van der Waals surface area contributed by atoms with Gasteiger partial charge in [-0.2, -0.15) is 0 Å². The molecule has 2 aliphatic rings. The average Bonchev–Trinajstić information content (AvgIpc) is 2.35. The number of benzene rings is 2. The molecule has 2 aromatic rings. The molecular weight excluding hydrogens is 373 g/mol. The number of halogens is 1. The molecule has 4 rings (SSSR count). The molecule has 4 heteroatoms. The van der Waals surface area contributed by atoms with Crippen molar-refractivity contribution in [1.29, 1.82) is 0 Å². The van der Waals surface area contributed by atoms with Crippen LogP contribution in [0.5, 0.6) is 0 Å². The molecule has 0 fully saturated rings. The maximum absolute atomic E-state index is 6.04. The van der Waals surface area contributed by atoms with Crippen molar-refractivity contribution in [3.63, 3.8) is 0 Å². The van der Waals surface area contributed by atoms with Gasteiger partial charge >= 0.3 is 0 Å². The lowest BCUT2D eigenvalue weighted by Gasteiger charge is -2.46. The van der Waals surface area contributed by atoms with E-state index in [0.29, 0.717) is 0 Å². The van der Waals surface area contributed by atoms with Crippen LogP contribution < -0.4 is 15.5 Å². The molecule has 0 saturated heterocycles. The molecule has 0 saturated carbocycles. The Kier molecular flexibility index (Phi) is 2.86. The summed E-state index contributed by atoms with van der Waals surface area (Å²) < 4.78 is 1.32. The maximum atomic E-state index is 6.04. The molecule has 0 spiro atoms. The van der Waals surface area contributed by atoms with E-state index in [1.807, 2.05) is 0 Å². The normalized spacial score (nSPS) is 15.8. The lowest BCUT2D eigenvalue weighted by Crippen LogP contribution is -2.46. The fourth-order valence-corrected chi connectivity index (χ4v) is 4.69. The summed E-state index contributed by atoms with van der Waals surface area (Å²) in [6, 6.07) is 8.81. The van der Waals surface area contributed by atoms with E-state index in [1.165, 1.54) is 37.2 Å². The van der Waals surface area contributed by atoms with Gasteiger partial charge in [-0.1, -0.05) is 0 Å². The summed E-state index contributed by atoms with van der Waals surface area (Å²) in [7, 11) is 0. The molecule has 3 nitrogen and oxygen atoms in total. The number of hydrogen-bond acceptors (Lipinski definition) is 3. The number of hydrogen-bond donors (Lipinski definition) is 1. The van der Waals surface area contributed by atoms with Gasteiger partial charge in [0.15, 0.2) is 0 Å². The first-order valence-electron chi connectivity index (χ1n) is 7.21. The predicted molar refractivity (Wildman–Crippen MR) is 96.7 cm³/mol. The highest BCUT2D eigenvalue weighted by Crippen LogP contribution is 2.42. The first-order valence-corrected chi connectivity index (χ1v) is 8.29. The molecule has 0 aromatic heterocycles. The van der Waals surface area contributed by atoms with Crippen molar-refractivity contribution in [2.45, 2.75) is 26.9 Å². The van der Waals surface area contributed by atoms with Crippen molar-refractivity contribution in [3.05, 3.63) is 50.1 Å². The van der Waals surface area contributed by atoms with Gasteiger partial charge in [0.25, 0.3) is 0 Å². The Bertz CT molecular complexity index is 691. The molecule has 2 N–H and O–H groups in total. The zero-order chi connectivity index (χ0) is 14.7. The van der Waals surface area contributed by atoms with Crippen LogP contribution in [0.15, 0.2) is 24.3 Å². The largest absolute Gasteiger partial charge is 0.399 e. The van der Waals surface area contributed by atoms with E-state index in [1.54, 1.807) is 0 Å². The van der Waals surface area contributed by atoms with Crippen LogP contribution in [0.4, 0.5) is 17.1 Å². The summed E-state index contributed by atoms with van der Waals surface area (Å²) in [6.45, 7) is 7.30. The predicted octanol–water partition coefficient (Wildman–Crippen LogP) is 3.79. The second-order valence-corrected chi connectivity index (χ2v) is 7.36. The van der Waals surface area contributed by atoms with Gasteiger partial charge in [0.05, 0.1) is 6.67 Å². The van der Waals surface area contributed by atoms with Gasteiger partial charge in [-0.15, -0.1) is 0 Å². The Morgan fingerprint density at radius 2 is 1.48 bits per heavy atom. The third-order valence-electron chi connectivity index (χ3n) is 4.44. The summed E-state index contributed by atoms with van der Waals surface area (Å²) in [6.07, 6.45) is 0. The fourth-order valence-electron chi connectivity index (χ4n) is 3.85. The van der Waals surface area contributed by atoms with E-state index in [2.05, 4.69) is 70.5 Å². The molecule has 108 valence electrons. The Balaban J connectivity index is 1.89. The Hall–Kier alpha value is -1.43. The van der Waals surface area contributed by atoms with Crippen LogP contribution in [-0.4, -0.2) is 6.67 Å². The van der Waals surface area contributed by atoms with Gasteiger partial charge in [-0.25, -0.2) is 0 Å². The van der Waals surface area contributed by atoms with Gasteiger partial charge < -0.3 is 15.5 Å². The van der Waals surface area contributed by atoms with E-state index in [-0.39, 0.29) is 0 Å². The van der Waals surface area contributed by atoms with E-state index in [4.69, 9.17) is 5.73 Å². The lowest BCUT2D eigenvalue weighted by molar-refractivity contribution is 0.646. The number of nitrogens with two attached hydrogens (primary N) is 1. The van der Waals surface area contributed by atoms with Gasteiger partial charge in [-0.3, -0.25) is 0 Å². The summed E-state index contributed by atoms with van der Waals surface area (Å²) in [5.74, 6) is 0. The van der Waals surface area contributed by atoms with Crippen LogP contribution in [0.2, 0.25) is 0 Å². The molecule has 0 radical (unpaired) electrons. The van der Waals surface area contributed by atoms with Crippen LogP contribution in [-0.2, 0) is 13.1 Å². The molecule has 0 unspecified atom stereocenters. The zero-order valence-corrected chi connectivity index (χ0v) is 14.4. The molecule has 21 heavy (non-hydrogen) atoms. The minimum absolute atomic E-state index is 0.869. The van der Waals surface area contributed by atoms with Crippen LogP contribution >= 0.6 is 22.6 Å². The summed E-state index contributed by atoms with van der Waals surface area (Å²) in [5, 5.41) is 0. The minimum atomic E-state index is 0.869. The molecular formula is C17H18IN3. The smallest absolute Gasteiger partial charge is 0.0910 e. The number of rotatable bonds is 0. The van der Waals surface area contributed by atoms with E-state index < -0.39 is 0 Å². The molecule has 0 aliphatic carbocycles. The molecule has 2 aromatic carbocycles. The number of fused-ring (bicyclic) bond motifs is 6. The highest BCUT2D eigenvalue weighted by Gasteiger charge is 2.31. The van der Waals surface area contributed by atoms with Crippen molar-refractivity contribution in [2.75, 3.05) is 22.2 Å². The van der Waals surface area contributed by atoms with Crippen molar-refractivity contribution in [3.8, 4) is 0 Å². The number of nitrogen functional groups attached to an aromatic ring is 1. The van der Waals surface area contributed by atoms with Crippen molar-refractivity contribution >= 4 is 39.7 Å². The number of aryl methyl sites for hydroxylation is 2. The standard InChI is InChI=1S/C17H18IN3/c1-10-3-14(18)5-12-7-20-9-21(16(10)12)8-13-6-15(19)4-11(2)17(13)20/h3-6H,7-9,19H2,1-2H3. The van der Waals surface area contributed by atoms with Crippen LogP contribution in [0.25, 0.3) is 0 Å². The van der Waals surface area contributed by atoms with Crippen molar-refractivity contribution in [2.24, 2.45) is 0 Å². The van der Waals surface area contributed by atoms with E-state index >= 15 is 0 Å². The Morgan fingerprint density at radius 3 is 2.14 bits per heavy atom. The maximum Gasteiger partial charge on any atom is 0.0910 e. The quantitative estimate of drug-likeness (QED) is 0.548. The topological polar surface area (TPSA) is 32.5 Å². The third-order valence-corrected chi connectivity index (χ3v) is 5.07. The number of nitrogens with zero attached hydrogens (tertiary/aromatic N) is 2. The average molecular weight is 391 g/mol. The first kappa shape index (κ1) is 13.2. The van der Waals surface area contributed by atoms with Crippen molar-refractivity contribution < 1.29 is 0 Å². The Labute approximate surface area is 138 Å². The summed E-state index contributed by atoms with van der Waals surface area (Å²) in [5.41, 5.74) is 15.1. The van der Waals surface area contributed by atoms with Crippen molar-refractivity contribution in [1.82, 2.24) is 0 Å². The van der Waals surface area contributed by atoms with Crippen LogP contribution in [0.3, 0.4) is 0 Å². The summed E-state index contributed by atoms with van der Waals surface area (Å²) >= 11 is 2.41. The highest BCUT2D eigenvalue weighted by atomic mass is 127. The van der Waals surface area contributed by atoms with Gasteiger partial charge in [-0.05, 0) is 83.0 Å².